The van der Waals surface area contributed by atoms with Crippen LogP contribution < -0.4 is 10.1 Å². The van der Waals surface area contributed by atoms with Gasteiger partial charge in [0.1, 0.15) is 5.75 Å². The van der Waals surface area contributed by atoms with E-state index in [2.05, 4.69) is 21.2 Å². The normalized spacial score (nSPS) is 13.9. The van der Waals surface area contributed by atoms with Crippen LogP contribution in [-0.2, 0) is 4.79 Å². The summed E-state index contributed by atoms with van der Waals surface area (Å²) in [4.78, 5) is 11.7. The summed E-state index contributed by atoms with van der Waals surface area (Å²) in [7, 11) is 0. The van der Waals surface area contributed by atoms with Crippen LogP contribution in [0.1, 0.15) is 27.2 Å². The minimum Gasteiger partial charge on any atom is -0.482 e. The average Bonchev–Trinajstić information content (AvgIpc) is 2.34. The molecule has 0 bridgehead atoms. The number of carbonyl (C=O) groups is 1. The van der Waals surface area contributed by atoms with Gasteiger partial charge in [0.15, 0.2) is 6.61 Å². The Morgan fingerprint density at radius 1 is 1.52 bits per heavy atom. The van der Waals surface area contributed by atoms with E-state index in [-0.39, 0.29) is 19.1 Å². The zero-order valence-corrected chi connectivity index (χ0v) is 14.8. The fourth-order valence-electron chi connectivity index (χ4n) is 2.03. The highest BCUT2D eigenvalue weighted by atomic mass is 79.9. The lowest BCUT2D eigenvalue weighted by molar-refractivity contribution is -0.124. The van der Waals surface area contributed by atoms with Crippen molar-refractivity contribution in [1.29, 1.82) is 0 Å². The third-order valence-electron chi connectivity index (χ3n) is 2.77. The van der Waals surface area contributed by atoms with Gasteiger partial charge >= 0.3 is 0 Å². The van der Waals surface area contributed by atoms with E-state index in [1.54, 1.807) is 25.1 Å². The van der Waals surface area contributed by atoms with Gasteiger partial charge in [-0.25, -0.2) is 0 Å². The summed E-state index contributed by atoms with van der Waals surface area (Å²) in [5, 5.41) is 13.2. The molecule has 1 atom stereocenters. The van der Waals surface area contributed by atoms with E-state index in [4.69, 9.17) is 16.3 Å². The molecule has 0 fully saturated rings. The number of nitrogens with one attached hydrogen (secondary N) is 1. The van der Waals surface area contributed by atoms with Crippen molar-refractivity contribution in [2.45, 2.75) is 32.8 Å². The molecule has 1 aromatic carbocycles. The van der Waals surface area contributed by atoms with E-state index >= 15 is 0 Å². The number of carbonyl (C=O) groups excluding carboxylic acids is 1. The number of ether oxygens (including phenoxy) is 1. The van der Waals surface area contributed by atoms with Crippen LogP contribution in [0.5, 0.6) is 5.75 Å². The third-order valence-corrected chi connectivity index (χ3v) is 3.56. The van der Waals surface area contributed by atoms with Crippen molar-refractivity contribution in [2.24, 2.45) is 5.92 Å². The standard InChI is InChI=1S/C15H21BrClNO3/c1-10(2)7-15(3,20)9-18-14(19)8-21-13-5-4-11(16)6-12(13)17/h4-6,10,20H,7-9H2,1-3H3,(H,18,19). The zero-order chi connectivity index (χ0) is 16.0. The highest BCUT2D eigenvalue weighted by molar-refractivity contribution is 9.10. The van der Waals surface area contributed by atoms with Crippen molar-refractivity contribution >= 4 is 33.4 Å². The zero-order valence-electron chi connectivity index (χ0n) is 12.5. The van der Waals surface area contributed by atoms with Crippen molar-refractivity contribution in [3.05, 3.63) is 27.7 Å². The van der Waals surface area contributed by atoms with E-state index in [1.165, 1.54) is 0 Å². The molecule has 1 amide bonds. The monoisotopic (exact) mass is 377 g/mol. The van der Waals surface area contributed by atoms with Gasteiger partial charge < -0.3 is 15.2 Å². The van der Waals surface area contributed by atoms with Crippen LogP contribution in [-0.4, -0.2) is 29.8 Å². The van der Waals surface area contributed by atoms with E-state index in [1.807, 2.05) is 13.8 Å². The lowest BCUT2D eigenvalue weighted by atomic mass is 9.94. The molecule has 4 nitrogen and oxygen atoms in total. The maximum absolute atomic E-state index is 11.7. The number of hydrogen-bond donors (Lipinski definition) is 2. The van der Waals surface area contributed by atoms with Crippen LogP contribution in [0, 0.1) is 5.92 Å². The maximum Gasteiger partial charge on any atom is 0.258 e. The van der Waals surface area contributed by atoms with Crippen LogP contribution in [0.2, 0.25) is 5.02 Å². The van der Waals surface area contributed by atoms with Crippen molar-refractivity contribution in [2.75, 3.05) is 13.2 Å². The van der Waals surface area contributed by atoms with Gasteiger partial charge in [-0.2, -0.15) is 0 Å². The Morgan fingerprint density at radius 3 is 2.76 bits per heavy atom. The molecule has 118 valence electrons. The van der Waals surface area contributed by atoms with Crippen LogP contribution in [0.25, 0.3) is 0 Å². The molecule has 21 heavy (non-hydrogen) atoms. The van der Waals surface area contributed by atoms with Gasteiger partial charge in [0.2, 0.25) is 0 Å². The Balaban J connectivity index is 2.41. The van der Waals surface area contributed by atoms with Gasteiger partial charge in [-0.15, -0.1) is 0 Å². The average molecular weight is 379 g/mol. The van der Waals surface area contributed by atoms with E-state index in [9.17, 15) is 9.90 Å². The summed E-state index contributed by atoms with van der Waals surface area (Å²) in [6.45, 7) is 5.81. The van der Waals surface area contributed by atoms with Crippen LogP contribution in [0.4, 0.5) is 0 Å². The molecule has 0 heterocycles. The van der Waals surface area contributed by atoms with Gasteiger partial charge in [0.05, 0.1) is 10.6 Å². The largest absolute Gasteiger partial charge is 0.482 e. The summed E-state index contributed by atoms with van der Waals surface area (Å²) in [6.07, 6.45) is 0.618. The van der Waals surface area contributed by atoms with Crippen LogP contribution in [0.3, 0.4) is 0 Å². The number of halogens is 2. The Kier molecular flexibility index (Phi) is 6.97. The summed E-state index contributed by atoms with van der Waals surface area (Å²) in [5.41, 5.74) is -0.918. The number of rotatable bonds is 7. The topological polar surface area (TPSA) is 58.6 Å². The van der Waals surface area contributed by atoms with Crippen molar-refractivity contribution in [3.8, 4) is 5.75 Å². The molecular formula is C15H21BrClNO3. The smallest absolute Gasteiger partial charge is 0.258 e. The van der Waals surface area contributed by atoms with Crippen LogP contribution in [0.15, 0.2) is 22.7 Å². The number of amides is 1. The Bertz CT molecular complexity index is 492. The molecule has 1 aromatic rings. The molecule has 0 saturated carbocycles. The lowest BCUT2D eigenvalue weighted by Gasteiger charge is -2.25. The summed E-state index contributed by atoms with van der Waals surface area (Å²) >= 11 is 9.29. The molecule has 0 aliphatic heterocycles. The van der Waals surface area contributed by atoms with Gasteiger partial charge in [0, 0.05) is 11.0 Å². The first kappa shape index (κ1) is 18.3. The molecule has 0 aliphatic carbocycles. The second kappa shape index (κ2) is 8.01. The first-order valence-electron chi connectivity index (χ1n) is 6.76. The quantitative estimate of drug-likeness (QED) is 0.764. The Morgan fingerprint density at radius 2 is 2.19 bits per heavy atom. The van der Waals surface area contributed by atoms with Gasteiger partial charge in [0.25, 0.3) is 5.91 Å². The molecule has 6 heteroatoms. The number of hydrogen-bond acceptors (Lipinski definition) is 3. The minimum atomic E-state index is -0.918. The number of aliphatic hydroxyl groups is 1. The maximum atomic E-state index is 11.7. The van der Waals surface area contributed by atoms with Gasteiger partial charge in [-0.3, -0.25) is 4.79 Å². The highest BCUT2D eigenvalue weighted by Crippen LogP contribution is 2.27. The molecule has 1 rings (SSSR count). The van der Waals surface area contributed by atoms with Crippen LogP contribution >= 0.6 is 27.5 Å². The number of benzene rings is 1. The van der Waals surface area contributed by atoms with Crippen molar-refractivity contribution < 1.29 is 14.6 Å². The van der Waals surface area contributed by atoms with E-state index < -0.39 is 5.60 Å². The third kappa shape index (κ3) is 7.16. The second-order valence-electron chi connectivity index (χ2n) is 5.74. The fourth-order valence-corrected chi connectivity index (χ4v) is 2.76. The molecule has 0 aliphatic rings. The van der Waals surface area contributed by atoms with Gasteiger partial charge in [-0.1, -0.05) is 41.4 Å². The Labute approximate surface area is 139 Å². The summed E-state index contributed by atoms with van der Waals surface area (Å²) in [5.74, 6) is 0.511. The molecular weight excluding hydrogens is 358 g/mol. The van der Waals surface area contributed by atoms with E-state index in [0.29, 0.717) is 23.1 Å². The highest BCUT2D eigenvalue weighted by Gasteiger charge is 2.22. The predicted octanol–water partition coefficient (Wildman–Crippen LogP) is 3.39. The van der Waals surface area contributed by atoms with Crippen molar-refractivity contribution in [3.63, 3.8) is 0 Å². The lowest BCUT2D eigenvalue weighted by Crippen LogP contribution is -2.43. The molecule has 0 spiro atoms. The molecule has 0 aromatic heterocycles. The first-order valence-corrected chi connectivity index (χ1v) is 7.93. The first-order chi connectivity index (χ1) is 9.69. The molecule has 0 radical (unpaired) electrons. The Hall–Kier alpha value is -0.780. The SMILES string of the molecule is CC(C)CC(C)(O)CNC(=O)COc1ccc(Br)cc1Cl. The fraction of sp³-hybridized carbons (Fsp3) is 0.533. The second-order valence-corrected chi connectivity index (χ2v) is 7.06. The minimum absolute atomic E-state index is 0.140. The van der Waals surface area contributed by atoms with Crippen molar-refractivity contribution in [1.82, 2.24) is 5.32 Å². The van der Waals surface area contributed by atoms with Gasteiger partial charge in [-0.05, 0) is 37.5 Å². The van der Waals surface area contributed by atoms with E-state index in [0.717, 1.165) is 4.47 Å². The molecule has 2 N–H and O–H groups in total. The molecule has 1 unspecified atom stereocenters. The predicted molar refractivity (Wildman–Crippen MR) is 87.7 cm³/mol. The summed E-state index contributed by atoms with van der Waals surface area (Å²) in [6, 6.07) is 5.17. The molecule has 0 saturated heterocycles. The summed E-state index contributed by atoms with van der Waals surface area (Å²) < 4.78 is 6.20.